The highest BCUT2D eigenvalue weighted by atomic mass is 32.3. The van der Waals surface area contributed by atoms with Gasteiger partial charge in [-0.3, -0.25) is 4.55 Å². The summed E-state index contributed by atoms with van der Waals surface area (Å²) in [6.45, 7) is 5.49. The average Bonchev–Trinajstić information content (AvgIpc) is 2.37. The van der Waals surface area contributed by atoms with Crippen LogP contribution < -0.4 is 0 Å². The first kappa shape index (κ1) is 20.3. The molecule has 0 saturated carbocycles. The number of rotatable bonds is 6. The topological polar surface area (TPSA) is 104 Å². The molecule has 0 atom stereocenters. The predicted octanol–water partition coefficient (Wildman–Crippen LogP) is 0.997. The van der Waals surface area contributed by atoms with Gasteiger partial charge in [0.25, 0.3) is 0 Å². The second kappa shape index (κ2) is 9.31. The van der Waals surface area contributed by atoms with Gasteiger partial charge < -0.3 is 13.8 Å². The number of likely N-dealkylation sites (N-methyl/N-ethyl adjacent to an activating group) is 1. The van der Waals surface area contributed by atoms with Gasteiger partial charge in [-0.25, -0.2) is 13.2 Å². The molecule has 0 unspecified atom stereocenters. The molecular weight excluding hydrogens is 310 g/mol. The molecule has 8 heteroatoms. The Labute approximate surface area is 131 Å². The van der Waals surface area contributed by atoms with E-state index >= 15 is 0 Å². The number of carbonyl (C=O) groups is 1. The zero-order chi connectivity index (χ0) is 17.2. The van der Waals surface area contributed by atoms with E-state index in [0.29, 0.717) is 6.61 Å². The van der Waals surface area contributed by atoms with Crippen LogP contribution in [-0.4, -0.2) is 55.2 Å². The number of nitrogens with zero attached hydrogens (tertiary/aromatic N) is 1. The number of benzene rings is 1. The first-order valence-electron chi connectivity index (χ1n) is 6.37. The highest BCUT2D eigenvalue weighted by molar-refractivity contribution is 7.79. The summed E-state index contributed by atoms with van der Waals surface area (Å²) in [6.07, 6.45) is 1.19. The van der Waals surface area contributed by atoms with Crippen LogP contribution in [0.5, 0.6) is 0 Å². The lowest BCUT2D eigenvalue weighted by molar-refractivity contribution is -0.903. The minimum atomic E-state index is -4.92. The van der Waals surface area contributed by atoms with Crippen LogP contribution in [-0.2, 0) is 26.5 Å². The van der Waals surface area contributed by atoms with E-state index in [9.17, 15) is 4.79 Å². The van der Waals surface area contributed by atoms with E-state index in [2.05, 4.69) is 32.8 Å². The molecule has 0 amide bonds. The maximum atomic E-state index is 10.9. The number of ether oxygens (including phenoxy) is 1. The van der Waals surface area contributed by atoms with E-state index in [1.807, 2.05) is 18.2 Å². The second-order valence-electron chi connectivity index (χ2n) is 5.10. The number of hydrogen-bond donors (Lipinski definition) is 1. The van der Waals surface area contributed by atoms with Gasteiger partial charge in [0.05, 0.1) is 14.1 Å². The summed E-state index contributed by atoms with van der Waals surface area (Å²) in [6, 6.07) is 10.3. The third kappa shape index (κ3) is 13.3. The second-order valence-corrected chi connectivity index (χ2v) is 5.96. The van der Waals surface area contributed by atoms with Gasteiger partial charge in [0.2, 0.25) is 10.4 Å². The molecule has 7 nitrogen and oxygen atoms in total. The summed E-state index contributed by atoms with van der Waals surface area (Å²) in [4.78, 5) is 10.9. The Bertz CT molecular complexity index is 560. The number of carbonyl (C=O) groups excluding carboxylic acids is 1. The van der Waals surface area contributed by atoms with Gasteiger partial charge in [-0.05, 0) is 0 Å². The number of hydrogen-bond acceptors (Lipinski definition) is 5. The van der Waals surface area contributed by atoms with Gasteiger partial charge in [-0.15, -0.1) is 0 Å². The maximum absolute atomic E-state index is 10.9. The lowest BCUT2D eigenvalue weighted by Crippen LogP contribution is -2.41. The van der Waals surface area contributed by atoms with Crippen molar-refractivity contribution in [3.05, 3.63) is 48.6 Å². The zero-order valence-electron chi connectivity index (χ0n) is 12.6. The van der Waals surface area contributed by atoms with Crippen molar-refractivity contribution in [3.63, 3.8) is 0 Å². The fourth-order valence-corrected chi connectivity index (χ4v) is 1.61. The zero-order valence-corrected chi connectivity index (χ0v) is 13.5. The van der Waals surface area contributed by atoms with Crippen LogP contribution >= 0.6 is 0 Å². The molecule has 1 aromatic rings. The van der Waals surface area contributed by atoms with Crippen molar-refractivity contribution in [2.24, 2.45) is 0 Å². The van der Waals surface area contributed by atoms with Crippen LogP contribution in [0.2, 0.25) is 0 Å². The normalized spacial score (nSPS) is 11.1. The van der Waals surface area contributed by atoms with Crippen molar-refractivity contribution in [2.75, 3.05) is 27.2 Å². The van der Waals surface area contributed by atoms with Crippen LogP contribution in [0, 0.1) is 0 Å². The van der Waals surface area contributed by atoms with E-state index in [1.54, 1.807) is 0 Å². The van der Waals surface area contributed by atoms with Crippen molar-refractivity contribution in [1.82, 2.24) is 0 Å². The maximum Gasteiger partial charge on any atom is 0.330 e. The molecule has 0 radical (unpaired) electrons. The number of quaternary nitrogens is 1. The molecule has 1 N–H and O–H groups in total. The molecule has 0 spiro atoms. The number of esters is 1. The molecular formula is C14H21NO6S. The quantitative estimate of drug-likeness (QED) is 0.274. The fraction of sp³-hybridized carbons (Fsp3) is 0.357. The Balaban J connectivity index is 0.000000763. The van der Waals surface area contributed by atoms with E-state index in [1.165, 1.54) is 11.6 Å². The van der Waals surface area contributed by atoms with Crippen molar-refractivity contribution in [3.8, 4) is 0 Å². The Morgan fingerprint density at radius 1 is 1.36 bits per heavy atom. The monoisotopic (exact) mass is 331 g/mol. The minimum Gasteiger partial charge on any atom is -0.726 e. The lowest BCUT2D eigenvalue weighted by Gasteiger charge is -2.29. The van der Waals surface area contributed by atoms with Gasteiger partial charge in [-0.1, -0.05) is 36.9 Å². The molecule has 0 fully saturated rings. The molecule has 1 rings (SSSR count). The van der Waals surface area contributed by atoms with Crippen LogP contribution in [0.3, 0.4) is 0 Å². The fourth-order valence-electron chi connectivity index (χ4n) is 1.61. The van der Waals surface area contributed by atoms with Crippen LogP contribution in [0.1, 0.15) is 5.56 Å². The molecule has 0 aliphatic rings. The highest BCUT2D eigenvalue weighted by Gasteiger charge is 2.16. The largest absolute Gasteiger partial charge is 0.726 e. The third-order valence-corrected chi connectivity index (χ3v) is 2.56. The average molecular weight is 331 g/mol. The van der Waals surface area contributed by atoms with Crippen molar-refractivity contribution >= 4 is 16.4 Å². The molecule has 22 heavy (non-hydrogen) atoms. The van der Waals surface area contributed by atoms with Gasteiger partial charge in [0, 0.05) is 11.6 Å². The van der Waals surface area contributed by atoms with Gasteiger partial charge >= 0.3 is 5.97 Å². The van der Waals surface area contributed by atoms with Crippen LogP contribution in [0.15, 0.2) is 43.0 Å². The van der Waals surface area contributed by atoms with Gasteiger partial charge in [0.15, 0.2) is 0 Å². The van der Waals surface area contributed by atoms with Crippen LogP contribution in [0.25, 0.3) is 0 Å². The predicted molar refractivity (Wildman–Crippen MR) is 80.6 cm³/mol. The van der Waals surface area contributed by atoms with Crippen molar-refractivity contribution in [2.45, 2.75) is 6.54 Å². The molecule has 124 valence electrons. The van der Waals surface area contributed by atoms with Crippen molar-refractivity contribution < 1.29 is 31.5 Å². The lowest BCUT2D eigenvalue weighted by atomic mass is 10.2. The summed E-state index contributed by atoms with van der Waals surface area (Å²) in [7, 11) is -0.677. The van der Waals surface area contributed by atoms with Gasteiger partial charge in [-0.2, -0.15) is 0 Å². The van der Waals surface area contributed by atoms with Gasteiger partial charge in [0.1, 0.15) is 19.7 Å². The van der Waals surface area contributed by atoms with Crippen LogP contribution in [0.4, 0.5) is 0 Å². The Morgan fingerprint density at radius 3 is 2.32 bits per heavy atom. The van der Waals surface area contributed by atoms with E-state index < -0.39 is 10.4 Å². The molecule has 1 aromatic carbocycles. The third-order valence-electron chi connectivity index (χ3n) is 2.56. The van der Waals surface area contributed by atoms with E-state index in [-0.39, 0.29) is 5.97 Å². The molecule has 0 bridgehead atoms. The summed E-state index contributed by atoms with van der Waals surface area (Å²) < 4.78 is 38.6. The molecule has 0 aliphatic heterocycles. The van der Waals surface area contributed by atoms with E-state index in [4.69, 9.17) is 22.3 Å². The van der Waals surface area contributed by atoms with Crippen molar-refractivity contribution in [1.29, 1.82) is 0 Å². The Hall–Kier alpha value is -1.74. The SMILES string of the molecule is C=CC(=O)OCC[N+](C)(C)Cc1ccccc1.O=S(=O)([O-])O. The highest BCUT2D eigenvalue weighted by Crippen LogP contribution is 2.08. The Kier molecular flexibility index (Phi) is 8.58. The molecule has 0 aromatic heterocycles. The minimum absolute atomic E-state index is 0.357. The molecule has 0 heterocycles. The molecule has 0 aliphatic carbocycles. The Morgan fingerprint density at radius 2 is 1.86 bits per heavy atom. The standard InChI is InChI=1S/C14H20NO2.H2O4S/c1-4-14(16)17-11-10-15(2,3)12-13-8-6-5-7-9-13;1-5(2,3)4/h4-9H,1,10-12H2,2-3H3;(H2,1,2,3,4)/q+1;/p-1. The molecule has 0 saturated heterocycles. The summed E-state index contributed by atoms with van der Waals surface area (Å²) in [5.74, 6) is -0.357. The van der Waals surface area contributed by atoms with E-state index in [0.717, 1.165) is 17.6 Å². The first-order chi connectivity index (χ1) is 10.0. The summed E-state index contributed by atoms with van der Waals surface area (Å²) in [5, 5.41) is 0. The summed E-state index contributed by atoms with van der Waals surface area (Å²) in [5.41, 5.74) is 1.28. The first-order valence-corrected chi connectivity index (χ1v) is 7.73. The summed E-state index contributed by atoms with van der Waals surface area (Å²) >= 11 is 0. The smallest absolute Gasteiger partial charge is 0.330 e.